The van der Waals surface area contributed by atoms with E-state index in [1.54, 1.807) is 0 Å². The summed E-state index contributed by atoms with van der Waals surface area (Å²) in [5.74, 6) is 0.0178. The van der Waals surface area contributed by atoms with Crippen LogP contribution in [0.5, 0.6) is 0 Å². The fraction of sp³-hybridized carbons (Fsp3) is 0.923. The van der Waals surface area contributed by atoms with Crippen molar-refractivity contribution in [3.8, 4) is 0 Å². The summed E-state index contributed by atoms with van der Waals surface area (Å²) in [5.41, 5.74) is 0. The average molecular weight is 291 g/mol. The fourth-order valence-electron chi connectivity index (χ4n) is 2.39. The number of methoxy groups -OCH3 is 1. The van der Waals surface area contributed by atoms with Crippen LogP contribution in [0.3, 0.4) is 0 Å². The molecule has 94 valence electrons. The number of carbonyl (C=O) groups excluding carboxylic acids is 1. The molecule has 0 amide bonds. The highest BCUT2D eigenvalue weighted by molar-refractivity contribution is 9.09. The first-order valence-corrected chi connectivity index (χ1v) is 7.39. The highest BCUT2D eigenvalue weighted by atomic mass is 79.9. The van der Waals surface area contributed by atoms with Crippen molar-refractivity contribution in [3.63, 3.8) is 0 Å². The van der Waals surface area contributed by atoms with Crippen molar-refractivity contribution in [2.45, 2.75) is 62.6 Å². The molecule has 2 unspecified atom stereocenters. The second-order valence-electron chi connectivity index (χ2n) is 4.70. The van der Waals surface area contributed by atoms with E-state index in [2.05, 4.69) is 15.9 Å². The number of hydrogen-bond acceptors (Lipinski definition) is 2. The van der Waals surface area contributed by atoms with E-state index in [4.69, 9.17) is 4.74 Å². The summed E-state index contributed by atoms with van der Waals surface area (Å²) in [7, 11) is 1.49. The van der Waals surface area contributed by atoms with Gasteiger partial charge in [-0.05, 0) is 12.8 Å². The molecule has 0 aromatic carbocycles. The van der Waals surface area contributed by atoms with E-state index in [0.717, 1.165) is 19.3 Å². The van der Waals surface area contributed by atoms with Gasteiger partial charge in [0.25, 0.3) is 0 Å². The van der Waals surface area contributed by atoms with E-state index in [9.17, 15) is 4.79 Å². The van der Waals surface area contributed by atoms with Crippen molar-refractivity contribution in [1.82, 2.24) is 0 Å². The second kappa shape index (κ2) is 8.10. The summed E-state index contributed by atoms with van der Waals surface area (Å²) in [6, 6.07) is 0. The number of alkyl halides is 1. The lowest BCUT2D eigenvalue weighted by molar-refractivity contribution is -0.145. The molecule has 2 nitrogen and oxygen atoms in total. The van der Waals surface area contributed by atoms with Crippen molar-refractivity contribution in [2.24, 2.45) is 5.92 Å². The van der Waals surface area contributed by atoms with Gasteiger partial charge in [0, 0.05) is 4.83 Å². The van der Waals surface area contributed by atoms with Crippen molar-refractivity contribution in [2.75, 3.05) is 7.11 Å². The van der Waals surface area contributed by atoms with E-state index >= 15 is 0 Å². The molecule has 0 aromatic heterocycles. The Morgan fingerprint density at radius 3 is 2.06 bits per heavy atom. The maximum atomic E-state index is 11.7. The standard InChI is InChI=1S/C13H23BrO2/c1-16-13(15)11-9-7-5-3-2-4-6-8-10-12(11)14/h11-12H,2-10H2,1H3. The minimum atomic E-state index is -0.0406. The zero-order valence-electron chi connectivity index (χ0n) is 10.2. The molecule has 1 fully saturated rings. The van der Waals surface area contributed by atoms with Crippen LogP contribution in [0, 0.1) is 5.92 Å². The van der Waals surface area contributed by atoms with Crippen LogP contribution in [0.25, 0.3) is 0 Å². The number of ether oxygens (including phenoxy) is 1. The summed E-state index contributed by atoms with van der Waals surface area (Å²) >= 11 is 3.67. The molecule has 1 rings (SSSR count). The van der Waals surface area contributed by atoms with E-state index < -0.39 is 0 Å². The van der Waals surface area contributed by atoms with Crippen molar-refractivity contribution < 1.29 is 9.53 Å². The van der Waals surface area contributed by atoms with Crippen LogP contribution < -0.4 is 0 Å². The molecule has 0 radical (unpaired) electrons. The Kier molecular flexibility index (Phi) is 7.10. The van der Waals surface area contributed by atoms with E-state index in [1.165, 1.54) is 45.6 Å². The third-order valence-corrected chi connectivity index (χ3v) is 4.53. The summed E-state index contributed by atoms with van der Waals surface area (Å²) in [6.45, 7) is 0. The van der Waals surface area contributed by atoms with Crippen molar-refractivity contribution in [1.29, 1.82) is 0 Å². The van der Waals surface area contributed by atoms with Gasteiger partial charge in [-0.25, -0.2) is 0 Å². The quantitative estimate of drug-likeness (QED) is 0.538. The SMILES string of the molecule is COC(=O)C1CCCCCCCCCC1Br. The number of rotatable bonds is 1. The molecule has 16 heavy (non-hydrogen) atoms. The Labute approximate surface area is 107 Å². The van der Waals surface area contributed by atoms with Crippen LogP contribution in [0.1, 0.15) is 57.8 Å². The van der Waals surface area contributed by atoms with Crippen LogP contribution in [0.4, 0.5) is 0 Å². The second-order valence-corrected chi connectivity index (χ2v) is 5.87. The van der Waals surface area contributed by atoms with Crippen LogP contribution in [-0.4, -0.2) is 17.9 Å². The largest absolute Gasteiger partial charge is 0.469 e. The fourth-order valence-corrected chi connectivity index (χ4v) is 3.19. The van der Waals surface area contributed by atoms with Gasteiger partial charge in [0.2, 0.25) is 0 Å². The van der Waals surface area contributed by atoms with E-state index in [1.807, 2.05) is 0 Å². The Bertz CT molecular complexity index is 206. The summed E-state index contributed by atoms with van der Waals surface area (Å²) in [6.07, 6.45) is 11.0. The molecule has 0 aliphatic heterocycles. The molecule has 0 N–H and O–H groups in total. The Morgan fingerprint density at radius 2 is 1.50 bits per heavy atom. The topological polar surface area (TPSA) is 26.3 Å². The normalized spacial score (nSPS) is 29.1. The molecule has 1 aliphatic carbocycles. The van der Waals surface area contributed by atoms with Crippen LogP contribution >= 0.6 is 15.9 Å². The Hall–Kier alpha value is -0.0500. The van der Waals surface area contributed by atoms with E-state index in [-0.39, 0.29) is 11.9 Å². The molecule has 0 heterocycles. The minimum absolute atomic E-state index is 0.0406. The monoisotopic (exact) mass is 290 g/mol. The van der Waals surface area contributed by atoms with Gasteiger partial charge in [-0.2, -0.15) is 0 Å². The molecule has 0 spiro atoms. The molecular formula is C13H23BrO2. The highest BCUT2D eigenvalue weighted by Gasteiger charge is 2.26. The summed E-state index contributed by atoms with van der Waals surface area (Å²) in [4.78, 5) is 12.0. The summed E-state index contributed by atoms with van der Waals surface area (Å²) in [5, 5.41) is 0. The van der Waals surface area contributed by atoms with Gasteiger partial charge in [0.1, 0.15) is 0 Å². The van der Waals surface area contributed by atoms with Crippen molar-refractivity contribution >= 4 is 21.9 Å². The van der Waals surface area contributed by atoms with Gasteiger partial charge in [-0.1, -0.05) is 60.9 Å². The van der Waals surface area contributed by atoms with Crippen molar-refractivity contribution in [3.05, 3.63) is 0 Å². The molecule has 2 atom stereocenters. The molecule has 0 bridgehead atoms. The predicted molar refractivity (Wildman–Crippen MR) is 69.8 cm³/mol. The van der Waals surface area contributed by atoms with Gasteiger partial charge < -0.3 is 4.74 Å². The summed E-state index contributed by atoms with van der Waals surface area (Å²) < 4.78 is 4.89. The first-order valence-electron chi connectivity index (χ1n) is 6.47. The number of hydrogen-bond donors (Lipinski definition) is 0. The predicted octanol–water partition coefficient (Wildman–Crippen LogP) is 4.06. The van der Waals surface area contributed by atoms with Gasteiger partial charge in [0.05, 0.1) is 13.0 Å². The van der Waals surface area contributed by atoms with Gasteiger partial charge in [-0.3, -0.25) is 4.79 Å². The lowest BCUT2D eigenvalue weighted by Crippen LogP contribution is -2.25. The minimum Gasteiger partial charge on any atom is -0.469 e. The third kappa shape index (κ3) is 4.86. The lowest BCUT2D eigenvalue weighted by atomic mass is 9.95. The number of halogens is 1. The molecule has 1 saturated carbocycles. The molecule has 3 heteroatoms. The molecule has 0 saturated heterocycles. The highest BCUT2D eigenvalue weighted by Crippen LogP contribution is 2.27. The number of carbonyl (C=O) groups is 1. The average Bonchev–Trinajstić information content (AvgIpc) is 2.34. The Balaban J connectivity index is 2.50. The van der Waals surface area contributed by atoms with Gasteiger partial charge in [-0.15, -0.1) is 0 Å². The molecule has 1 aliphatic rings. The van der Waals surface area contributed by atoms with Crippen LogP contribution in [-0.2, 0) is 9.53 Å². The maximum absolute atomic E-state index is 11.7. The van der Waals surface area contributed by atoms with Crippen LogP contribution in [0.15, 0.2) is 0 Å². The number of esters is 1. The van der Waals surface area contributed by atoms with E-state index in [0.29, 0.717) is 4.83 Å². The zero-order valence-corrected chi connectivity index (χ0v) is 11.8. The smallest absolute Gasteiger partial charge is 0.309 e. The lowest BCUT2D eigenvalue weighted by Gasteiger charge is -2.19. The first kappa shape index (κ1) is 14.0. The zero-order chi connectivity index (χ0) is 11.8. The Morgan fingerprint density at radius 1 is 1.00 bits per heavy atom. The maximum Gasteiger partial charge on any atom is 0.309 e. The van der Waals surface area contributed by atoms with Crippen LogP contribution in [0.2, 0.25) is 0 Å². The molecule has 0 aromatic rings. The molecular weight excluding hydrogens is 268 g/mol. The van der Waals surface area contributed by atoms with Gasteiger partial charge in [0.15, 0.2) is 0 Å². The third-order valence-electron chi connectivity index (χ3n) is 3.44. The first-order chi connectivity index (χ1) is 7.75. The van der Waals surface area contributed by atoms with Gasteiger partial charge >= 0.3 is 5.97 Å².